The van der Waals surface area contributed by atoms with Crippen LogP contribution in [0.1, 0.15) is 5.56 Å². The van der Waals surface area contributed by atoms with E-state index in [2.05, 4.69) is 31.8 Å². The number of rotatable bonds is 2. The SMILES string of the molecule is C[Si](C)(C)CC1(C#N)COc2ccccc2C1. The largest absolute Gasteiger partial charge is 0.492 e. The fourth-order valence-corrected chi connectivity index (χ4v) is 5.00. The van der Waals surface area contributed by atoms with E-state index >= 15 is 0 Å². The Morgan fingerprint density at radius 1 is 1.35 bits per heavy atom. The fraction of sp³-hybridized carbons (Fsp3) is 0.500. The maximum atomic E-state index is 9.52. The van der Waals surface area contributed by atoms with Gasteiger partial charge in [0.1, 0.15) is 12.4 Å². The molecule has 17 heavy (non-hydrogen) atoms. The first kappa shape index (κ1) is 12.2. The highest BCUT2D eigenvalue weighted by Crippen LogP contribution is 2.39. The highest BCUT2D eigenvalue weighted by molar-refractivity contribution is 6.76. The number of para-hydroxylation sites is 1. The van der Waals surface area contributed by atoms with Crippen molar-refractivity contribution in [3.8, 4) is 11.8 Å². The minimum Gasteiger partial charge on any atom is -0.492 e. The van der Waals surface area contributed by atoms with Crippen molar-refractivity contribution in [1.29, 1.82) is 5.26 Å². The van der Waals surface area contributed by atoms with Gasteiger partial charge in [-0.2, -0.15) is 5.26 Å². The molecule has 0 spiro atoms. The molecule has 1 aromatic rings. The number of nitriles is 1. The van der Waals surface area contributed by atoms with E-state index in [1.807, 2.05) is 18.2 Å². The van der Waals surface area contributed by atoms with Crippen LogP contribution >= 0.6 is 0 Å². The summed E-state index contributed by atoms with van der Waals surface area (Å²) >= 11 is 0. The first-order valence-corrected chi connectivity index (χ1v) is 9.77. The third-order valence-electron chi connectivity index (χ3n) is 3.11. The van der Waals surface area contributed by atoms with Gasteiger partial charge in [-0.15, -0.1) is 0 Å². The fourth-order valence-electron chi connectivity index (χ4n) is 2.66. The van der Waals surface area contributed by atoms with Gasteiger partial charge in [-0.1, -0.05) is 37.8 Å². The minimum absolute atomic E-state index is 0.307. The van der Waals surface area contributed by atoms with E-state index in [0.29, 0.717) is 6.61 Å². The highest BCUT2D eigenvalue weighted by atomic mass is 28.3. The van der Waals surface area contributed by atoms with E-state index in [1.165, 1.54) is 5.56 Å². The number of nitrogens with zero attached hydrogens (tertiary/aromatic N) is 1. The second-order valence-electron chi connectivity index (χ2n) is 6.20. The van der Waals surface area contributed by atoms with Crippen molar-refractivity contribution in [1.82, 2.24) is 0 Å². The second kappa shape index (κ2) is 4.19. The van der Waals surface area contributed by atoms with Gasteiger partial charge in [0.05, 0.1) is 11.5 Å². The zero-order valence-electron chi connectivity index (χ0n) is 10.8. The van der Waals surface area contributed by atoms with Crippen LogP contribution in [0.15, 0.2) is 24.3 Å². The van der Waals surface area contributed by atoms with Crippen molar-refractivity contribution in [2.24, 2.45) is 5.41 Å². The lowest BCUT2D eigenvalue weighted by Gasteiger charge is -2.36. The third kappa shape index (κ3) is 2.70. The number of ether oxygens (including phenoxy) is 1. The Morgan fingerprint density at radius 2 is 2.06 bits per heavy atom. The first-order valence-electron chi connectivity index (χ1n) is 6.06. The number of fused-ring (bicyclic) bond motifs is 1. The Balaban J connectivity index is 2.27. The number of hydrogen-bond donors (Lipinski definition) is 0. The molecule has 0 bridgehead atoms. The molecule has 0 aliphatic carbocycles. The Hall–Kier alpha value is -1.27. The Labute approximate surface area is 104 Å². The van der Waals surface area contributed by atoms with E-state index in [1.54, 1.807) is 0 Å². The molecule has 1 heterocycles. The third-order valence-corrected chi connectivity index (χ3v) is 4.85. The summed E-state index contributed by atoms with van der Waals surface area (Å²) < 4.78 is 5.78. The second-order valence-corrected chi connectivity index (χ2v) is 11.7. The quantitative estimate of drug-likeness (QED) is 0.747. The molecule has 90 valence electrons. The molecule has 0 radical (unpaired) electrons. The predicted octanol–water partition coefficient (Wildman–Crippen LogP) is 3.47. The topological polar surface area (TPSA) is 33.0 Å². The molecule has 2 rings (SSSR count). The van der Waals surface area contributed by atoms with E-state index in [4.69, 9.17) is 4.74 Å². The molecule has 0 fully saturated rings. The van der Waals surface area contributed by atoms with Gasteiger partial charge >= 0.3 is 0 Å². The summed E-state index contributed by atoms with van der Waals surface area (Å²) in [6.07, 6.45) is 0.837. The van der Waals surface area contributed by atoms with Crippen molar-refractivity contribution in [2.75, 3.05) is 6.61 Å². The van der Waals surface area contributed by atoms with Crippen molar-refractivity contribution in [3.63, 3.8) is 0 Å². The van der Waals surface area contributed by atoms with Gasteiger partial charge in [0.2, 0.25) is 0 Å². The summed E-state index contributed by atoms with van der Waals surface area (Å²) in [5.74, 6) is 0.953. The van der Waals surface area contributed by atoms with Gasteiger partial charge in [-0.25, -0.2) is 0 Å². The zero-order valence-corrected chi connectivity index (χ0v) is 11.8. The molecule has 1 unspecified atom stereocenters. The predicted molar refractivity (Wildman–Crippen MR) is 71.8 cm³/mol. The lowest BCUT2D eigenvalue weighted by atomic mass is 9.83. The van der Waals surface area contributed by atoms with Crippen LogP contribution in [-0.2, 0) is 6.42 Å². The normalized spacial score (nSPS) is 23.4. The maximum Gasteiger partial charge on any atom is 0.122 e. The van der Waals surface area contributed by atoms with Crippen LogP contribution in [0.3, 0.4) is 0 Å². The van der Waals surface area contributed by atoms with Crippen LogP contribution < -0.4 is 4.74 Å². The molecule has 1 atom stereocenters. The van der Waals surface area contributed by atoms with Crippen molar-refractivity contribution in [2.45, 2.75) is 32.1 Å². The summed E-state index contributed by atoms with van der Waals surface area (Å²) in [7, 11) is -1.26. The summed E-state index contributed by atoms with van der Waals surface area (Å²) in [6, 6.07) is 11.6. The lowest BCUT2D eigenvalue weighted by Crippen LogP contribution is -2.40. The average Bonchev–Trinajstić information content (AvgIpc) is 2.27. The molecule has 0 saturated carbocycles. The molecule has 0 N–H and O–H groups in total. The maximum absolute atomic E-state index is 9.52. The summed E-state index contributed by atoms with van der Waals surface area (Å²) in [6.45, 7) is 7.48. The molecule has 1 aliphatic rings. The summed E-state index contributed by atoms with van der Waals surface area (Å²) in [5.41, 5.74) is 0.872. The Bertz CT molecular complexity index is 458. The van der Waals surface area contributed by atoms with Crippen LogP contribution in [0.5, 0.6) is 5.75 Å². The van der Waals surface area contributed by atoms with Gasteiger partial charge in [-0.3, -0.25) is 0 Å². The van der Waals surface area contributed by atoms with E-state index < -0.39 is 8.07 Å². The van der Waals surface area contributed by atoms with Crippen LogP contribution in [0, 0.1) is 16.7 Å². The smallest absolute Gasteiger partial charge is 0.122 e. The standard InChI is InChI=1S/C14H19NOSi/c1-17(2,3)11-14(9-15)8-12-6-4-5-7-13(12)16-10-14/h4-7H,8,10-11H2,1-3H3. The molecular weight excluding hydrogens is 226 g/mol. The number of hydrogen-bond acceptors (Lipinski definition) is 2. The molecule has 3 heteroatoms. The van der Waals surface area contributed by atoms with Gasteiger partial charge in [0, 0.05) is 8.07 Å². The minimum atomic E-state index is -1.26. The molecule has 1 aliphatic heterocycles. The van der Waals surface area contributed by atoms with E-state index in [-0.39, 0.29) is 5.41 Å². The monoisotopic (exact) mass is 245 g/mol. The zero-order chi connectivity index (χ0) is 12.5. The van der Waals surface area contributed by atoms with Gasteiger partial charge < -0.3 is 4.74 Å². The first-order chi connectivity index (χ1) is 7.94. The van der Waals surface area contributed by atoms with Crippen LogP contribution in [0.4, 0.5) is 0 Å². The van der Waals surface area contributed by atoms with Gasteiger partial charge in [0.15, 0.2) is 0 Å². The van der Waals surface area contributed by atoms with Gasteiger partial charge in [0.25, 0.3) is 0 Å². The lowest BCUT2D eigenvalue weighted by molar-refractivity contribution is 0.184. The summed E-state index contributed by atoms with van der Waals surface area (Å²) in [5, 5.41) is 9.52. The molecule has 2 nitrogen and oxygen atoms in total. The number of benzene rings is 1. The summed E-state index contributed by atoms with van der Waals surface area (Å²) in [4.78, 5) is 0. The van der Waals surface area contributed by atoms with Crippen LogP contribution in [-0.4, -0.2) is 14.7 Å². The van der Waals surface area contributed by atoms with Crippen molar-refractivity contribution >= 4 is 8.07 Å². The van der Waals surface area contributed by atoms with Crippen molar-refractivity contribution < 1.29 is 4.74 Å². The van der Waals surface area contributed by atoms with Crippen LogP contribution in [0.25, 0.3) is 0 Å². The van der Waals surface area contributed by atoms with Gasteiger partial charge in [-0.05, 0) is 24.1 Å². The molecule has 0 aromatic heterocycles. The Kier molecular flexibility index (Phi) is 3.01. The van der Waals surface area contributed by atoms with Crippen molar-refractivity contribution in [3.05, 3.63) is 29.8 Å². The molecule has 0 amide bonds. The molecule has 1 aromatic carbocycles. The Morgan fingerprint density at radius 3 is 2.71 bits per heavy atom. The van der Waals surface area contributed by atoms with E-state index in [9.17, 15) is 5.26 Å². The molecule has 0 saturated heterocycles. The average molecular weight is 245 g/mol. The molecular formula is C14H19NOSi. The van der Waals surface area contributed by atoms with E-state index in [0.717, 1.165) is 18.2 Å². The van der Waals surface area contributed by atoms with Crippen LogP contribution in [0.2, 0.25) is 25.7 Å². The highest BCUT2D eigenvalue weighted by Gasteiger charge is 2.39.